The van der Waals surface area contributed by atoms with Crippen LogP contribution in [0.5, 0.6) is 0 Å². The highest BCUT2D eigenvalue weighted by molar-refractivity contribution is 7.80. The Kier molecular flexibility index (Phi) is 8.75. The normalized spacial score (nSPS) is 19.1. The lowest BCUT2D eigenvalue weighted by Crippen LogP contribution is -2.36. The van der Waals surface area contributed by atoms with Gasteiger partial charge in [-0.3, -0.25) is 0 Å². The van der Waals surface area contributed by atoms with Gasteiger partial charge in [0.1, 0.15) is 11.6 Å². The summed E-state index contributed by atoms with van der Waals surface area (Å²) in [5, 5.41) is 7.19. The monoisotopic (exact) mass is 466 g/mol. The number of hydrogen-bond acceptors (Lipinski definition) is 5. The Hall–Kier alpha value is -2.41. The summed E-state index contributed by atoms with van der Waals surface area (Å²) in [5.41, 5.74) is 1.35. The van der Waals surface area contributed by atoms with Crippen LogP contribution in [0.2, 0.25) is 0 Å². The fourth-order valence-electron chi connectivity index (χ4n) is 4.78. The summed E-state index contributed by atoms with van der Waals surface area (Å²) >= 11 is 5.58. The molecule has 178 valence electrons. The largest absolute Gasteiger partial charge is 0.362 e. The van der Waals surface area contributed by atoms with Crippen molar-refractivity contribution in [1.29, 1.82) is 0 Å². The van der Waals surface area contributed by atoms with Crippen molar-refractivity contribution in [2.75, 3.05) is 47.8 Å². The Morgan fingerprint density at radius 1 is 0.970 bits per heavy atom. The summed E-state index contributed by atoms with van der Waals surface area (Å²) in [6.45, 7) is 7.39. The first-order chi connectivity index (χ1) is 16.2. The van der Waals surface area contributed by atoms with Crippen LogP contribution in [0.3, 0.4) is 0 Å². The Balaban J connectivity index is 1.41. The van der Waals surface area contributed by atoms with Crippen molar-refractivity contribution in [1.82, 2.24) is 15.3 Å². The van der Waals surface area contributed by atoms with Crippen LogP contribution in [-0.2, 0) is 6.42 Å². The molecule has 2 fully saturated rings. The van der Waals surface area contributed by atoms with E-state index in [1.807, 2.05) is 0 Å². The molecule has 1 atom stereocenters. The number of rotatable bonds is 7. The Bertz CT molecular complexity index is 861. The van der Waals surface area contributed by atoms with E-state index in [1.54, 1.807) is 0 Å². The minimum absolute atomic E-state index is 0.592. The quantitative estimate of drug-likeness (QED) is 0.439. The van der Waals surface area contributed by atoms with E-state index in [0.717, 1.165) is 57.2 Å². The van der Waals surface area contributed by atoms with Crippen molar-refractivity contribution in [3.63, 3.8) is 0 Å². The fourth-order valence-corrected chi connectivity index (χ4v) is 4.98. The second kappa shape index (κ2) is 12.2. The molecule has 0 radical (unpaired) electrons. The Labute approximate surface area is 204 Å². The van der Waals surface area contributed by atoms with E-state index in [9.17, 15) is 0 Å². The lowest BCUT2D eigenvalue weighted by molar-refractivity contribution is 0.444. The molecule has 0 amide bonds. The van der Waals surface area contributed by atoms with E-state index >= 15 is 0 Å². The molecule has 2 N–H and O–H groups in total. The summed E-state index contributed by atoms with van der Waals surface area (Å²) in [7, 11) is 0. The summed E-state index contributed by atoms with van der Waals surface area (Å²) < 4.78 is 0. The SMILES string of the molecule is CC1CCCN(c2cc(N3CCCCCC3)nc(NC(=S)NCCCc3ccccc3)n2)C1. The van der Waals surface area contributed by atoms with Gasteiger partial charge in [-0.25, -0.2) is 0 Å². The van der Waals surface area contributed by atoms with Gasteiger partial charge < -0.3 is 20.4 Å². The molecule has 2 aliphatic rings. The standard InChI is InChI=1S/C26H38N6S/c1-21-11-10-18-32(20-21)24-19-23(31-16-7-2-3-8-17-31)28-25(29-24)30-26(33)27-15-9-14-22-12-5-4-6-13-22/h4-6,12-13,19,21H,2-3,7-11,14-18,20H2,1H3,(H2,27,28,29,30,33). The average molecular weight is 467 g/mol. The maximum atomic E-state index is 5.58. The summed E-state index contributed by atoms with van der Waals surface area (Å²) in [6, 6.07) is 12.8. The van der Waals surface area contributed by atoms with Crippen molar-refractivity contribution < 1.29 is 0 Å². The molecule has 1 aromatic heterocycles. The number of aromatic nitrogens is 2. The van der Waals surface area contributed by atoms with Crippen molar-refractivity contribution in [2.24, 2.45) is 5.92 Å². The topological polar surface area (TPSA) is 56.3 Å². The average Bonchev–Trinajstić information content (AvgIpc) is 3.12. The van der Waals surface area contributed by atoms with Crippen LogP contribution in [0.25, 0.3) is 0 Å². The molecule has 2 saturated heterocycles. The summed E-state index contributed by atoms with van der Waals surface area (Å²) in [4.78, 5) is 14.6. The summed E-state index contributed by atoms with van der Waals surface area (Å²) in [6.07, 6.45) is 9.64. The van der Waals surface area contributed by atoms with Gasteiger partial charge in [-0.2, -0.15) is 9.97 Å². The zero-order valence-corrected chi connectivity index (χ0v) is 20.7. The van der Waals surface area contributed by atoms with E-state index in [0.29, 0.717) is 17.0 Å². The number of nitrogens with one attached hydrogen (secondary N) is 2. The number of hydrogen-bond donors (Lipinski definition) is 2. The van der Waals surface area contributed by atoms with Crippen molar-refractivity contribution in [3.8, 4) is 0 Å². The highest BCUT2D eigenvalue weighted by atomic mass is 32.1. The summed E-state index contributed by atoms with van der Waals surface area (Å²) in [5.74, 6) is 3.34. The smallest absolute Gasteiger partial charge is 0.232 e. The number of aryl methyl sites for hydroxylation is 1. The van der Waals surface area contributed by atoms with Crippen LogP contribution in [-0.4, -0.2) is 47.8 Å². The van der Waals surface area contributed by atoms with Crippen LogP contribution in [0.15, 0.2) is 36.4 Å². The molecule has 0 spiro atoms. The van der Waals surface area contributed by atoms with Gasteiger partial charge in [0.2, 0.25) is 5.95 Å². The molecule has 4 rings (SSSR count). The number of thiocarbonyl (C=S) groups is 1. The fraction of sp³-hybridized carbons (Fsp3) is 0.577. The van der Waals surface area contributed by atoms with Crippen LogP contribution < -0.4 is 20.4 Å². The highest BCUT2D eigenvalue weighted by Crippen LogP contribution is 2.27. The highest BCUT2D eigenvalue weighted by Gasteiger charge is 2.21. The second-order valence-electron chi connectivity index (χ2n) is 9.47. The number of piperidine rings is 1. The molecular formula is C26H38N6S. The predicted molar refractivity (Wildman–Crippen MR) is 142 cm³/mol. The molecule has 2 aromatic rings. The number of anilines is 3. The molecule has 7 heteroatoms. The lowest BCUT2D eigenvalue weighted by Gasteiger charge is -2.33. The third-order valence-electron chi connectivity index (χ3n) is 6.61. The lowest BCUT2D eigenvalue weighted by atomic mass is 10.0. The van der Waals surface area contributed by atoms with Gasteiger partial charge in [-0.15, -0.1) is 0 Å². The molecule has 3 heterocycles. The van der Waals surface area contributed by atoms with Crippen molar-refractivity contribution in [3.05, 3.63) is 42.0 Å². The van der Waals surface area contributed by atoms with Crippen LogP contribution >= 0.6 is 12.2 Å². The zero-order chi connectivity index (χ0) is 22.9. The number of benzene rings is 1. The van der Waals surface area contributed by atoms with Gasteiger partial charge in [0.15, 0.2) is 5.11 Å². The van der Waals surface area contributed by atoms with Gasteiger partial charge >= 0.3 is 0 Å². The van der Waals surface area contributed by atoms with E-state index < -0.39 is 0 Å². The van der Waals surface area contributed by atoms with E-state index in [2.05, 4.69) is 63.8 Å². The van der Waals surface area contributed by atoms with E-state index in [1.165, 1.54) is 44.1 Å². The van der Waals surface area contributed by atoms with E-state index in [-0.39, 0.29) is 0 Å². The first-order valence-corrected chi connectivity index (χ1v) is 13.1. The minimum Gasteiger partial charge on any atom is -0.362 e. The molecule has 0 bridgehead atoms. The van der Waals surface area contributed by atoms with Gasteiger partial charge in [-0.05, 0) is 62.2 Å². The maximum Gasteiger partial charge on any atom is 0.232 e. The minimum atomic E-state index is 0.592. The molecule has 1 aromatic carbocycles. The molecule has 6 nitrogen and oxygen atoms in total. The van der Waals surface area contributed by atoms with Crippen LogP contribution in [0.4, 0.5) is 17.6 Å². The zero-order valence-electron chi connectivity index (χ0n) is 19.9. The van der Waals surface area contributed by atoms with Gasteiger partial charge in [-0.1, -0.05) is 50.1 Å². The van der Waals surface area contributed by atoms with E-state index in [4.69, 9.17) is 22.2 Å². The first kappa shape index (κ1) is 23.7. The maximum absolute atomic E-state index is 5.58. The molecule has 0 aliphatic carbocycles. The van der Waals surface area contributed by atoms with Crippen molar-refractivity contribution in [2.45, 2.75) is 58.3 Å². The van der Waals surface area contributed by atoms with Gasteiger partial charge in [0.05, 0.1) is 0 Å². The Morgan fingerprint density at radius 3 is 2.39 bits per heavy atom. The van der Waals surface area contributed by atoms with Crippen LogP contribution in [0.1, 0.15) is 57.4 Å². The third kappa shape index (κ3) is 7.29. The van der Waals surface area contributed by atoms with Gasteiger partial charge in [0.25, 0.3) is 0 Å². The molecule has 0 saturated carbocycles. The Morgan fingerprint density at radius 2 is 1.67 bits per heavy atom. The van der Waals surface area contributed by atoms with Crippen LogP contribution in [0, 0.1) is 5.92 Å². The predicted octanol–water partition coefficient (Wildman–Crippen LogP) is 5.01. The molecule has 33 heavy (non-hydrogen) atoms. The second-order valence-corrected chi connectivity index (χ2v) is 9.88. The van der Waals surface area contributed by atoms with Crippen molar-refractivity contribution >= 4 is 34.9 Å². The first-order valence-electron chi connectivity index (χ1n) is 12.6. The molecule has 2 aliphatic heterocycles. The number of nitrogens with zero attached hydrogens (tertiary/aromatic N) is 4. The van der Waals surface area contributed by atoms with Gasteiger partial charge in [0, 0.05) is 38.8 Å². The molecule has 1 unspecified atom stereocenters. The third-order valence-corrected chi connectivity index (χ3v) is 6.85. The molecular weight excluding hydrogens is 428 g/mol.